The first-order chi connectivity index (χ1) is 16.7. The molecule has 0 spiro atoms. The van der Waals surface area contributed by atoms with Gasteiger partial charge in [0, 0.05) is 19.3 Å². The molecule has 4 N–H and O–H groups in total. The fourth-order valence-corrected chi connectivity index (χ4v) is 5.17. The first-order valence-electron chi connectivity index (χ1n) is 14.4. The topological polar surface area (TPSA) is 107 Å². The molecule has 36 heavy (non-hydrogen) atoms. The van der Waals surface area contributed by atoms with Crippen molar-refractivity contribution in [3.05, 3.63) is 12.2 Å². The Morgan fingerprint density at radius 3 is 1.56 bits per heavy atom. The van der Waals surface area contributed by atoms with Crippen molar-refractivity contribution < 1.29 is 33.6 Å². The third kappa shape index (κ3) is 19.8. The predicted molar refractivity (Wildman–Crippen MR) is 150 cm³/mol. The van der Waals surface area contributed by atoms with E-state index in [1.807, 2.05) is 0 Å². The van der Waals surface area contributed by atoms with E-state index in [1.165, 1.54) is 95.6 Å². The Morgan fingerprint density at radius 2 is 1.19 bits per heavy atom. The maximum absolute atomic E-state index is 11.1. The van der Waals surface area contributed by atoms with Gasteiger partial charge in [-0.3, -0.25) is 4.52 Å². The van der Waals surface area contributed by atoms with Gasteiger partial charge in [0.25, 0.3) is 0 Å². The van der Waals surface area contributed by atoms with Gasteiger partial charge in [-0.2, -0.15) is 0 Å². The normalized spacial score (nSPS) is 17.7. The van der Waals surface area contributed by atoms with Crippen LogP contribution in [0.5, 0.6) is 0 Å². The van der Waals surface area contributed by atoms with Gasteiger partial charge in [0.15, 0.2) is 0 Å². The molecule has 1 aliphatic rings. The Morgan fingerprint density at radius 1 is 0.778 bits per heavy atom. The lowest BCUT2D eigenvalue weighted by Crippen LogP contribution is -2.51. The van der Waals surface area contributed by atoms with Crippen molar-refractivity contribution >= 4 is 7.82 Å². The van der Waals surface area contributed by atoms with E-state index in [2.05, 4.69) is 37.7 Å². The minimum absolute atomic E-state index is 0.0250. The predicted octanol–water partition coefficient (Wildman–Crippen LogP) is 6.84. The van der Waals surface area contributed by atoms with Crippen molar-refractivity contribution in [3.63, 3.8) is 0 Å². The van der Waals surface area contributed by atoms with Crippen LogP contribution in [0.3, 0.4) is 0 Å². The van der Waals surface area contributed by atoms with Crippen LogP contribution in [0.15, 0.2) is 12.2 Å². The highest BCUT2D eigenvalue weighted by Crippen LogP contribution is 2.46. The molecule has 0 aromatic rings. The Kier molecular flexibility index (Phi) is 18.8. The minimum atomic E-state index is -4.89. The Balaban J connectivity index is 0.00000148. The van der Waals surface area contributed by atoms with Crippen LogP contribution >= 0.6 is 7.82 Å². The van der Waals surface area contributed by atoms with Gasteiger partial charge in [0.2, 0.25) is 5.79 Å². The largest absolute Gasteiger partial charge is 0.472 e. The number of phosphoric acid groups is 1. The summed E-state index contributed by atoms with van der Waals surface area (Å²) < 4.78 is 16.8. The molecule has 0 amide bonds. The molecule has 0 aliphatic carbocycles. The lowest BCUT2D eigenvalue weighted by molar-refractivity contribution is -0.877. The molecule has 0 radical (unpaired) electrons. The van der Waals surface area contributed by atoms with Crippen molar-refractivity contribution in [1.29, 1.82) is 0 Å². The highest BCUT2D eigenvalue weighted by molar-refractivity contribution is 7.46. The third-order valence-corrected chi connectivity index (χ3v) is 7.57. The zero-order valence-electron chi connectivity index (χ0n) is 24.1. The number of nitrogens with zero attached hydrogens (tertiary/aromatic N) is 1. The molecule has 1 unspecified atom stereocenters. The van der Waals surface area contributed by atoms with Crippen LogP contribution in [0.2, 0.25) is 0 Å². The van der Waals surface area contributed by atoms with Gasteiger partial charge in [-0.15, -0.1) is 0 Å². The van der Waals surface area contributed by atoms with Crippen molar-refractivity contribution in [2.24, 2.45) is 0 Å². The van der Waals surface area contributed by atoms with E-state index >= 15 is 0 Å². The molecule has 0 aromatic carbocycles. The fourth-order valence-electron chi connectivity index (χ4n) is 4.46. The Hall–Kier alpha value is -0.270. The summed E-state index contributed by atoms with van der Waals surface area (Å²) in [6.45, 7) is 7.58. The maximum Gasteiger partial charge on any atom is 0.472 e. The summed E-state index contributed by atoms with van der Waals surface area (Å²) in [7, 11) is -0.294. The lowest BCUT2D eigenvalue weighted by Gasteiger charge is -2.38. The van der Waals surface area contributed by atoms with E-state index in [-0.39, 0.29) is 6.42 Å². The van der Waals surface area contributed by atoms with Crippen LogP contribution in [0.1, 0.15) is 130 Å². The van der Waals surface area contributed by atoms with Crippen LogP contribution in [0.4, 0.5) is 0 Å². The zero-order chi connectivity index (χ0) is 27.6. The number of hydrogen-bond donors (Lipinski definition) is 4. The summed E-state index contributed by atoms with van der Waals surface area (Å²) in [6.07, 6.45) is 23.5. The van der Waals surface area contributed by atoms with Crippen LogP contribution < -0.4 is 0 Å². The van der Waals surface area contributed by atoms with E-state index in [9.17, 15) is 14.8 Å². The molecule has 0 saturated carbocycles. The Labute approximate surface area is 222 Å². The minimum Gasteiger partial charge on any atom is -0.385 e. The van der Waals surface area contributed by atoms with Crippen molar-refractivity contribution in [1.82, 2.24) is 0 Å². The molecule has 1 atom stereocenters. The van der Waals surface area contributed by atoms with E-state index in [0.717, 1.165) is 32.1 Å². The van der Waals surface area contributed by atoms with Crippen LogP contribution in [0.25, 0.3) is 0 Å². The van der Waals surface area contributed by atoms with Crippen LogP contribution in [-0.4, -0.2) is 63.1 Å². The zero-order valence-corrected chi connectivity index (χ0v) is 25.0. The van der Waals surface area contributed by atoms with Gasteiger partial charge in [-0.25, -0.2) is 4.57 Å². The number of allylic oxidation sites excluding steroid dienone is 2. The van der Waals surface area contributed by atoms with Crippen molar-refractivity contribution in [2.75, 3.05) is 27.2 Å². The molecule has 1 aliphatic heterocycles. The molecule has 0 bridgehead atoms. The Bertz CT molecular complexity index is 606. The smallest absolute Gasteiger partial charge is 0.385 e. The number of quaternary nitrogens is 1. The summed E-state index contributed by atoms with van der Waals surface area (Å²) in [5.41, 5.74) is -1.77. The van der Waals surface area contributed by atoms with E-state index in [0.29, 0.717) is 6.42 Å². The van der Waals surface area contributed by atoms with Gasteiger partial charge in [0.1, 0.15) is 5.60 Å². The molecule has 1 fully saturated rings. The number of unbranched alkanes of at least 4 members (excludes halogenated alkanes) is 12. The van der Waals surface area contributed by atoms with Gasteiger partial charge >= 0.3 is 7.82 Å². The SMILES string of the molecule is CCCCCCCC/C=C\CCCCCCCCC(O)(OP(=O)(O)O)C(C)(C)O.C[N+]1(C)CCCC1. The third-order valence-electron chi connectivity index (χ3n) is 7.03. The molecule has 1 heterocycles. The van der Waals surface area contributed by atoms with Gasteiger partial charge < -0.3 is 24.5 Å². The number of rotatable bonds is 19. The first kappa shape index (κ1) is 35.7. The fraction of sp³-hybridized carbons (Fsp3) is 0.929. The monoisotopic (exact) mass is 536 g/mol. The number of phosphoric ester groups is 1. The second-order valence-electron chi connectivity index (χ2n) is 11.7. The van der Waals surface area contributed by atoms with Crippen LogP contribution in [0, 0.1) is 0 Å². The quantitative estimate of drug-likeness (QED) is 0.0473. The lowest BCUT2D eigenvalue weighted by atomic mass is 9.92. The summed E-state index contributed by atoms with van der Waals surface area (Å²) in [5.74, 6) is -2.26. The molecule has 1 rings (SSSR count). The summed E-state index contributed by atoms with van der Waals surface area (Å²) >= 11 is 0. The number of hydrogen-bond acceptors (Lipinski definition) is 4. The molecule has 1 saturated heterocycles. The van der Waals surface area contributed by atoms with Gasteiger partial charge in [-0.1, -0.05) is 76.9 Å². The summed E-state index contributed by atoms with van der Waals surface area (Å²) in [5, 5.41) is 20.3. The summed E-state index contributed by atoms with van der Waals surface area (Å²) in [6, 6.07) is 0. The molecule has 0 aromatic heterocycles. The van der Waals surface area contributed by atoms with Crippen molar-refractivity contribution in [3.8, 4) is 0 Å². The highest BCUT2D eigenvalue weighted by atomic mass is 31.2. The van der Waals surface area contributed by atoms with Crippen LogP contribution in [-0.2, 0) is 9.09 Å². The second kappa shape index (κ2) is 18.9. The second-order valence-corrected chi connectivity index (χ2v) is 12.9. The molecule has 216 valence electrons. The van der Waals surface area contributed by atoms with Gasteiger partial charge in [-0.05, 0) is 46.0 Å². The molecular weight excluding hydrogens is 477 g/mol. The van der Waals surface area contributed by atoms with Gasteiger partial charge in [0.05, 0.1) is 27.2 Å². The average Bonchev–Trinajstić information content (AvgIpc) is 3.16. The number of likely N-dealkylation sites (tertiary alicyclic amines) is 1. The maximum atomic E-state index is 11.1. The standard InChI is InChI=1S/C22H45O6P.C6H14N/c1-4-5-6-7-8-9-10-11-12-13-14-15-16-17-18-19-20-22(24,21(2,3)23)28-29(25,26)27;1-7(2)5-3-4-6-7/h11-12,23-24H,4-10,13-20H2,1-3H3,(H2,25,26,27);3-6H2,1-2H3/q;+1/b12-11-;. The number of aliphatic hydroxyl groups is 2. The molecule has 7 nitrogen and oxygen atoms in total. The van der Waals surface area contributed by atoms with E-state index < -0.39 is 19.2 Å². The van der Waals surface area contributed by atoms with Crippen molar-refractivity contribution in [2.45, 2.75) is 141 Å². The first-order valence-corrected chi connectivity index (χ1v) is 15.9. The average molecular weight is 537 g/mol. The highest BCUT2D eigenvalue weighted by Gasteiger charge is 2.47. The molecular formula is C28H59NO6P+. The summed E-state index contributed by atoms with van der Waals surface area (Å²) in [4.78, 5) is 17.9. The van der Waals surface area contributed by atoms with E-state index in [4.69, 9.17) is 9.79 Å². The molecule has 8 heteroatoms. The van der Waals surface area contributed by atoms with E-state index in [1.54, 1.807) is 0 Å².